The van der Waals surface area contributed by atoms with Crippen LogP contribution in [0.25, 0.3) is 10.9 Å². The van der Waals surface area contributed by atoms with Crippen LogP contribution in [0.4, 0.5) is 0 Å². The number of hydrogen-bond donors (Lipinski definition) is 1. The van der Waals surface area contributed by atoms with Gasteiger partial charge in [0, 0.05) is 23.7 Å². The molecule has 2 aromatic rings. The highest BCUT2D eigenvalue weighted by molar-refractivity contribution is 5.84. The van der Waals surface area contributed by atoms with Crippen molar-refractivity contribution in [2.75, 3.05) is 0 Å². The number of fused-ring (bicyclic) bond motifs is 2. The van der Waals surface area contributed by atoms with E-state index in [1.165, 1.54) is 59.0 Å². The van der Waals surface area contributed by atoms with Gasteiger partial charge in [-0.3, -0.25) is 4.98 Å². The van der Waals surface area contributed by atoms with Crippen molar-refractivity contribution in [3.05, 3.63) is 40.6 Å². The van der Waals surface area contributed by atoms with Gasteiger partial charge < -0.3 is 5.32 Å². The minimum Gasteiger partial charge on any atom is -0.310 e. The number of hydrogen-bond acceptors (Lipinski definition) is 2. The van der Waals surface area contributed by atoms with Crippen LogP contribution in [-0.4, -0.2) is 11.0 Å². The van der Waals surface area contributed by atoms with Crippen LogP contribution in [0.15, 0.2) is 18.2 Å². The molecule has 124 valence electrons. The molecule has 0 amide bonds. The number of aryl methyl sites for hydroxylation is 1. The van der Waals surface area contributed by atoms with E-state index in [0.29, 0.717) is 12.0 Å². The van der Waals surface area contributed by atoms with Gasteiger partial charge in [-0.15, -0.1) is 0 Å². The first-order valence-electron chi connectivity index (χ1n) is 9.27. The fraction of sp³-hybridized carbons (Fsp3) is 0.571. The maximum absolute atomic E-state index is 5.00. The second kappa shape index (κ2) is 7.00. The highest BCUT2D eigenvalue weighted by Crippen LogP contribution is 2.31. The summed E-state index contributed by atoms with van der Waals surface area (Å²) in [6.45, 7) is 10.0. The molecule has 0 radical (unpaired) electrons. The molecule has 3 rings (SSSR count). The summed E-state index contributed by atoms with van der Waals surface area (Å²) in [5.74, 6) is 0.561. The second-order valence-electron chi connectivity index (χ2n) is 7.34. The highest BCUT2D eigenvalue weighted by atomic mass is 14.9. The molecule has 1 aliphatic carbocycles. The molecule has 1 unspecified atom stereocenters. The standard InChI is InChI=1S/C21H30N2/c1-5-15(4)22-13-19-17-8-6-7-9-20(17)23-21-11-10-16(14(2)3)12-18(19)21/h10-12,14-15,22H,5-9,13H2,1-4H3. The van der Waals surface area contributed by atoms with Gasteiger partial charge in [-0.05, 0) is 73.8 Å². The van der Waals surface area contributed by atoms with Gasteiger partial charge in [0.25, 0.3) is 0 Å². The van der Waals surface area contributed by atoms with Crippen LogP contribution in [0.2, 0.25) is 0 Å². The minimum atomic E-state index is 0.561. The molecule has 1 aromatic heterocycles. The van der Waals surface area contributed by atoms with E-state index in [2.05, 4.69) is 51.2 Å². The van der Waals surface area contributed by atoms with Gasteiger partial charge in [-0.2, -0.15) is 0 Å². The maximum Gasteiger partial charge on any atom is 0.0708 e. The lowest BCUT2D eigenvalue weighted by Crippen LogP contribution is -2.26. The zero-order chi connectivity index (χ0) is 16.4. The first-order valence-corrected chi connectivity index (χ1v) is 9.27. The molecule has 0 saturated heterocycles. The smallest absolute Gasteiger partial charge is 0.0708 e. The van der Waals surface area contributed by atoms with E-state index in [-0.39, 0.29) is 0 Å². The van der Waals surface area contributed by atoms with Gasteiger partial charge in [-0.1, -0.05) is 26.8 Å². The summed E-state index contributed by atoms with van der Waals surface area (Å²) in [5.41, 5.74) is 6.98. The Kier molecular flexibility index (Phi) is 5.01. The van der Waals surface area contributed by atoms with E-state index in [1.807, 2.05) is 0 Å². The Morgan fingerprint density at radius 2 is 1.91 bits per heavy atom. The van der Waals surface area contributed by atoms with Crippen molar-refractivity contribution >= 4 is 10.9 Å². The Balaban J connectivity index is 2.11. The van der Waals surface area contributed by atoms with Crippen molar-refractivity contribution in [1.29, 1.82) is 0 Å². The average Bonchev–Trinajstić information content (AvgIpc) is 2.57. The number of rotatable bonds is 5. The van der Waals surface area contributed by atoms with Crippen molar-refractivity contribution in [2.24, 2.45) is 0 Å². The van der Waals surface area contributed by atoms with Crippen LogP contribution in [0, 0.1) is 0 Å². The SMILES string of the molecule is CCC(C)NCc1c2c(nc3ccc(C(C)C)cc13)CCCC2. The topological polar surface area (TPSA) is 24.9 Å². The first-order chi connectivity index (χ1) is 11.1. The maximum atomic E-state index is 5.00. The number of aromatic nitrogens is 1. The van der Waals surface area contributed by atoms with Crippen molar-refractivity contribution in [1.82, 2.24) is 10.3 Å². The molecule has 2 nitrogen and oxygen atoms in total. The van der Waals surface area contributed by atoms with Crippen molar-refractivity contribution in [3.8, 4) is 0 Å². The van der Waals surface area contributed by atoms with Crippen LogP contribution in [-0.2, 0) is 19.4 Å². The Hall–Kier alpha value is -1.41. The van der Waals surface area contributed by atoms with E-state index >= 15 is 0 Å². The van der Waals surface area contributed by atoms with Crippen LogP contribution in [0.3, 0.4) is 0 Å². The predicted octanol–water partition coefficient (Wildman–Crippen LogP) is 5.13. The molecule has 23 heavy (non-hydrogen) atoms. The van der Waals surface area contributed by atoms with Gasteiger partial charge in [0.15, 0.2) is 0 Å². The van der Waals surface area contributed by atoms with Crippen LogP contribution in [0.5, 0.6) is 0 Å². The van der Waals surface area contributed by atoms with Gasteiger partial charge in [0.1, 0.15) is 0 Å². The molecule has 1 N–H and O–H groups in total. The number of nitrogens with zero attached hydrogens (tertiary/aromatic N) is 1. The lowest BCUT2D eigenvalue weighted by atomic mass is 9.88. The van der Waals surface area contributed by atoms with E-state index in [1.54, 1.807) is 0 Å². The molecule has 1 atom stereocenters. The Labute approximate surface area is 140 Å². The van der Waals surface area contributed by atoms with Crippen LogP contribution < -0.4 is 5.32 Å². The van der Waals surface area contributed by atoms with E-state index in [4.69, 9.17) is 4.98 Å². The molecule has 0 aliphatic heterocycles. The third-order valence-corrected chi connectivity index (χ3v) is 5.31. The summed E-state index contributed by atoms with van der Waals surface area (Å²) >= 11 is 0. The second-order valence-corrected chi connectivity index (χ2v) is 7.34. The van der Waals surface area contributed by atoms with Gasteiger partial charge in [0.05, 0.1) is 5.52 Å². The first kappa shape index (κ1) is 16.4. The summed E-state index contributed by atoms with van der Waals surface area (Å²) in [5, 5.41) is 5.08. The summed E-state index contributed by atoms with van der Waals surface area (Å²) in [6.07, 6.45) is 6.10. The molecule has 1 heterocycles. The Morgan fingerprint density at radius 1 is 1.13 bits per heavy atom. The van der Waals surface area contributed by atoms with Crippen LogP contribution >= 0.6 is 0 Å². The van der Waals surface area contributed by atoms with Gasteiger partial charge in [-0.25, -0.2) is 0 Å². The van der Waals surface area contributed by atoms with Crippen molar-refractivity contribution in [3.63, 3.8) is 0 Å². The molecular formula is C21H30N2. The van der Waals surface area contributed by atoms with E-state index in [9.17, 15) is 0 Å². The molecule has 0 bridgehead atoms. The lowest BCUT2D eigenvalue weighted by molar-refractivity contribution is 0.531. The molecule has 0 spiro atoms. The quantitative estimate of drug-likeness (QED) is 0.828. The summed E-state index contributed by atoms with van der Waals surface area (Å²) in [4.78, 5) is 5.00. The number of benzene rings is 1. The minimum absolute atomic E-state index is 0.561. The van der Waals surface area contributed by atoms with Crippen LogP contribution in [0.1, 0.15) is 75.3 Å². The molecule has 0 saturated carbocycles. The molecular weight excluding hydrogens is 280 g/mol. The van der Waals surface area contributed by atoms with Gasteiger partial charge in [0.2, 0.25) is 0 Å². The largest absolute Gasteiger partial charge is 0.310 e. The summed E-state index contributed by atoms with van der Waals surface area (Å²) in [7, 11) is 0. The van der Waals surface area contributed by atoms with Crippen molar-refractivity contribution < 1.29 is 0 Å². The number of nitrogens with one attached hydrogen (secondary N) is 1. The lowest BCUT2D eigenvalue weighted by Gasteiger charge is -2.23. The Morgan fingerprint density at radius 3 is 2.65 bits per heavy atom. The molecule has 2 heteroatoms. The number of pyridine rings is 1. The fourth-order valence-corrected chi connectivity index (χ4v) is 3.52. The van der Waals surface area contributed by atoms with E-state index < -0.39 is 0 Å². The zero-order valence-electron chi connectivity index (χ0n) is 15.1. The van der Waals surface area contributed by atoms with Gasteiger partial charge >= 0.3 is 0 Å². The summed E-state index contributed by atoms with van der Waals surface area (Å²) < 4.78 is 0. The molecule has 0 fully saturated rings. The molecule has 1 aromatic carbocycles. The normalized spacial score (nSPS) is 15.9. The summed E-state index contributed by atoms with van der Waals surface area (Å²) in [6, 6.07) is 7.42. The zero-order valence-corrected chi connectivity index (χ0v) is 15.1. The third kappa shape index (κ3) is 3.42. The predicted molar refractivity (Wildman–Crippen MR) is 99.1 cm³/mol. The van der Waals surface area contributed by atoms with E-state index in [0.717, 1.165) is 13.0 Å². The fourth-order valence-electron chi connectivity index (χ4n) is 3.52. The Bertz CT molecular complexity index is 688. The monoisotopic (exact) mass is 310 g/mol. The highest BCUT2D eigenvalue weighted by Gasteiger charge is 2.18. The average molecular weight is 310 g/mol. The van der Waals surface area contributed by atoms with Crippen molar-refractivity contribution in [2.45, 2.75) is 78.3 Å². The third-order valence-electron chi connectivity index (χ3n) is 5.31. The molecule has 1 aliphatic rings.